The summed E-state index contributed by atoms with van der Waals surface area (Å²) in [4.78, 5) is 34.9. The summed E-state index contributed by atoms with van der Waals surface area (Å²) in [5.74, 6) is 0.271. The SMILES string of the molecule is CC(=O)Oc1cc(-c2c(-c3ccncc3)nn3c(C4CC5CCC(C4)N5C(C)=O)ccnc23)ccc1Cl. The number of esters is 1. The number of fused-ring (bicyclic) bond motifs is 3. The van der Waals surface area contributed by atoms with Crippen LogP contribution in [0.1, 0.15) is 51.1 Å². The fraction of sp³-hybridized carbons (Fsp3) is 0.321. The molecule has 2 bridgehead atoms. The Kier molecular flexibility index (Phi) is 5.91. The number of rotatable bonds is 4. The summed E-state index contributed by atoms with van der Waals surface area (Å²) in [5, 5.41) is 5.43. The van der Waals surface area contributed by atoms with Crippen LogP contribution < -0.4 is 4.74 Å². The quantitative estimate of drug-likeness (QED) is 0.271. The number of hydrogen-bond acceptors (Lipinski definition) is 6. The van der Waals surface area contributed by atoms with Crippen molar-refractivity contribution in [3.8, 4) is 28.1 Å². The maximum atomic E-state index is 12.2. The lowest BCUT2D eigenvalue weighted by Crippen LogP contribution is -2.45. The van der Waals surface area contributed by atoms with Gasteiger partial charge in [0.25, 0.3) is 0 Å². The fourth-order valence-electron chi connectivity index (χ4n) is 6.07. The summed E-state index contributed by atoms with van der Waals surface area (Å²) in [6.07, 6.45) is 9.21. The lowest BCUT2D eigenvalue weighted by molar-refractivity contribution is -0.133. The van der Waals surface area contributed by atoms with Crippen LogP contribution in [0, 0.1) is 0 Å². The molecule has 0 spiro atoms. The number of carbonyl (C=O) groups is 2. The Bertz CT molecular complexity index is 1510. The zero-order valence-electron chi connectivity index (χ0n) is 20.6. The topological polar surface area (TPSA) is 89.7 Å². The summed E-state index contributed by atoms with van der Waals surface area (Å²) in [5.41, 5.74) is 5.06. The number of benzene rings is 1. The van der Waals surface area contributed by atoms with Crippen molar-refractivity contribution in [1.29, 1.82) is 0 Å². The van der Waals surface area contributed by atoms with E-state index in [1.807, 2.05) is 35.0 Å². The van der Waals surface area contributed by atoms with Gasteiger partial charge in [0.1, 0.15) is 11.4 Å². The van der Waals surface area contributed by atoms with Crippen LogP contribution in [0.5, 0.6) is 5.75 Å². The molecule has 188 valence electrons. The molecule has 0 radical (unpaired) electrons. The van der Waals surface area contributed by atoms with Crippen LogP contribution in [0.3, 0.4) is 0 Å². The Morgan fingerprint density at radius 3 is 2.38 bits per heavy atom. The zero-order chi connectivity index (χ0) is 25.7. The van der Waals surface area contributed by atoms with Gasteiger partial charge >= 0.3 is 5.97 Å². The first kappa shape index (κ1) is 23.6. The summed E-state index contributed by atoms with van der Waals surface area (Å²) >= 11 is 6.32. The van der Waals surface area contributed by atoms with Crippen molar-refractivity contribution >= 4 is 29.1 Å². The lowest BCUT2D eigenvalue weighted by atomic mass is 9.88. The van der Waals surface area contributed by atoms with Gasteiger partial charge < -0.3 is 9.64 Å². The summed E-state index contributed by atoms with van der Waals surface area (Å²) in [7, 11) is 0. The van der Waals surface area contributed by atoms with Crippen LogP contribution in [0.25, 0.3) is 28.0 Å². The summed E-state index contributed by atoms with van der Waals surface area (Å²) in [6, 6.07) is 11.8. The molecule has 2 aliphatic rings. The molecule has 2 atom stereocenters. The molecule has 1 amide bonds. The van der Waals surface area contributed by atoms with Crippen LogP contribution in [-0.4, -0.2) is 48.4 Å². The molecule has 1 aromatic carbocycles. The average Bonchev–Trinajstić information content (AvgIpc) is 3.40. The Hall–Kier alpha value is -3.78. The second-order valence-corrected chi connectivity index (χ2v) is 10.2. The highest BCUT2D eigenvalue weighted by Gasteiger charge is 2.43. The fourth-order valence-corrected chi connectivity index (χ4v) is 6.23. The van der Waals surface area contributed by atoms with Gasteiger partial charge in [-0.3, -0.25) is 14.6 Å². The van der Waals surface area contributed by atoms with Crippen LogP contribution >= 0.6 is 11.6 Å². The van der Waals surface area contributed by atoms with Crippen molar-refractivity contribution in [2.45, 2.75) is 57.5 Å². The number of piperidine rings is 1. The highest BCUT2D eigenvalue weighted by molar-refractivity contribution is 6.32. The van der Waals surface area contributed by atoms with Gasteiger partial charge in [0.15, 0.2) is 5.65 Å². The van der Waals surface area contributed by atoms with Crippen LogP contribution in [0.4, 0.5) is 0 Å². The number of nitrogens with zero attached hydrogens (tertiary/aromatic N) is 5. The van der Waals surface area contributed by atoms with E-state index in [-0.39, 0.29) is 29.7 Å². The molecule has 6 rings (SSSR count). The molecule has 0 aliphatic carbocycles. The van der Waals surface area contributed by atoms with E-state index >= 15 is 0 Å². The maximum absolute atomic E-state index is 12.2. The van der Waals surface area contributed by atoms with E-state index in [1.165, 1.54) is 6.92 Å². The van der Waals surface area contributed by atoms with Crippen molar-refractivity contribution in [2.24, 2.45) is 0 Å². The first-order valence-corrected chi connectivity index (χ1v) is 12.8. The van der Waals surface area contributed by atoms with Gasteiger partial charge in [0.2, 0.25) is 5.91 Å². The number of ether oxygens (including phenoxy) is 1. The maximum Gasteiger partial charge on any atom is 0.308 e. The molecule has 3 aromatic heterocycles. The van der Waals surface area contributed by atoms with Crippen LogP contribution in [0.15, 0.2) is 55.0 Å². The number of carbonyl (C=O) groups excluding carboxylic acids is 2. The first-order chi connectivity index (χ1) is 17.9. The molecule has 8 nitrogen and oxygen atoms in total. The van der Waals surface area contributed by atoms with E-state index in [9.17, 15) is 9.59 Å². The zero-order valence-corrected chi connectivity index (χ0v) is 21.4. The van der Waals surface area contributed by atoms with Gasteiger partial charge in [-0.25, -0.2) is 9.50 Å². The molecule has 2 fully saturated rings. The Balaban J connectivity index is 1.51. The van der Waals surface area contributed by atoms with Crippen molar-refractivity contribution in [3.63, 3.8) is 0 Å². The minimum atomic E-state index is -0.444. The highest BCUT2D eigenvalue weighted by atomic mass is 35.5. The van der Waals surface area contributed by atoms with Crippen LogP contribution in [0.2, 0.25) is 5.02 Å². The summed E-state index contributed by atoms with van der Waals surface area (Å²) < 4.78 is 7.30. The first-order valence-electron chi connectivity index (χ1n) is 12.5. The Morgan fingerprint density at radius 2 is 1.70 bits per heavy atom. The third-order valence-electron chi connectivity index (χ3n) is 7.49. The van der Waals surface area contributed by atoms with E-state index in [4.69, 9.17) is 26.4 Å². The molecule has 4 aromatic rings. The van der Waals surface area contributed by atoms with E-state index in [2.05, 4.69) is 9.88 Å². The van der Waals surface area contributed by atoms with Gasteiger partial charge in [-0.2, -0.15) is 5.10 Å². The second kappa shape index (κ2) is 9.27. The lowest BCUT2D eigenvalue weighted by Gasteiger charge is -2.38. The van der Waals surface area contributed by atoms with Crippen molar-refractivity contribution in [2.75, 3.05) is 0 Å². The summed E-state index contributed by atoms with van der Waals surface area (Å²) in [6.45, 7) is 3.02. The number of pyridine rings is 1. The molecule has 2 saturated heterocycles. The van der Waals surface area contributed by atoms with Gasteiger partial charge in [-0.15, -0.1) is 0 Å². The molecule has 5 heterocycles. The number of hydrogen-bond donors (Lipinski definition) is 0. The minimum absolute atomic E-state index is 0.165. The monoisotopic (exact) mass is 515 g/mol. The van der Waals surface area contributed by atoms with Crippen molar-refractivity contribution in [3.05, 3.63) is 65.7 Å². The number of aromatic nitrogens is 4. The third-order valence-corrected chi connectivity index (χ3v) is 7.80. The molecular weight excluding hydrogens is 490 g/mol. The van der Waals surface area contributed by atoms with Crippen molar-refractivity contribution in [1.82, 2.24) is 24.5 Å². The third kappa shape index (κ3) is 4.15. The van der Waals surface area contributed by atoms with Gasteiger partial charge in [-0.05, 0) is 61.6 Å². The van der Waals surface area contributed by atoms with Gasteiger partial charge in [0.05, 0.1) is 10.6 Å². The largest absolute Gasteiger partial charge is 0.425 e. The molecule has 2 unspecified atom stereocenters. The predicted molar refractivity (Wildman–Crippen MR) is 139 cm³/mol. The molecule has 2 aliphatic heterocycles. The number of amides is 1. The van der Waals surface area contributed by atoms with Gasteiger partial charge in [0, 0.05) is 61.7 Å². The second-order valence-electron chi connectivity index (χ2n) is 9.78. The predicted octanol–water partition coefficient (Wildman–Crippen LogP) is 5.29. The normalized spacial score (nSPS) is 20.8. The molecule has 0 N–H and O–H groups in total. The molecule has 9 heteroatoms. The van der Waals surface area contributed by atoms with E-state index in [0.717, 1.165) is 53.8 Å². The van der Waals surface area contributed by atoms with E-state index in [1.54, 1.807) is 31.5 Å². The Morgan fingerprint density at radius 1 is 0.973 bits per heavy atom. The highest BCUT2D eigenvalue weighted by Crippen LogP contribution is 2.44. The standard InChI is InChI=1S/C28H26ClN5O3/c1-16(35)33-21-4-5-22(33)14-20(13-21)24-9-12-31-28-26(19-3-6-23(29)25(15-19)37-17(2)36)27(32-34(24)28)18-7-10-30-11-8-18/h3,6-12,15,20-22H,4-5,13-14H2,1-2H3. The number of halogens is 1. The van der Waals surface area contributed by atoms with E-state index in [0.29, 0.717) is 10.7 Å². The average molecular weight is 516 g/mol. The molecular formula is C28H26ClN5O3. The molecule has 37 heavy (non-hydrogen) atoms. The smallest absolute Gasteiger partial charge is 0.308 e. The minimum Gasteiger partial charge on any atom is -0.425 e. The Labute approximate surface area is 219 Å². The molecule has 0 saturated carbocycles. The van der Waals surface area contributed by atoms with Crippen molar-refractivity contribution < 1.29 is 14.3 Å². The van der Waals surface area contributed by atoms with E-state index < -0.39 is 5.97 Å². The van der Waals surface area contributed by atoms with Gasteiger partial charge in [-0.1, -0.05) is 17.7 Å². The van der Waals surface area contributed by atoms with Crippen LogP contribution in [-0.2, 0) is 9.59 Å².